The molecular formula is C38H60BN9O7. The molecule has 1 aliphatic rings. The van der Waals surface area contributed by atoms with Crippen LogP contribution in [0.15, 0.2) is 48.5 Å². The Hall–Kier alpha value is -4.39. The Morgan fingerprint density at radius 3 is 2.05 bits per heavy atom. The Bertz CT molecular complexity index is 1560. The van der Waals surface area contributed by atoms with Gasteiger partial charge in [-0.05, 0) is 79.8 Å². The second-order valence-electron chi connectivity index (χ2n) is 14.7. The second-order valence-corrected chi connectivity index (χ2v) is 14.7. The lowest BCUT2D eigenvalue weighted by Crippen LogP contribution is -2.62. The zero-order chi connectivity index (χ0) is 40.7. The third-order valence-corrected chi connectivity index (χ3v) is 9.52. The van der Waals surface area contributed by atoms with E-state index < -0.39 is 73.1 Å². The van der Waals surface area contributed by atoms with Crippen molar-refractivity contribution < 1.29 is 34.0 Å². The van der Waals surface area contributed by atoms with Gasteiger partial charge in [-0.2, -0.15) is 0 Å². The van der Waals surface area contributed by atoms with E-state index in [1.165, 1.54) is 10.5 Å². The largest absolute Gasteiger partial charge is 0.490 e. The Morgan fingerprint density at radius 1 is 0.836 bits per heavy atom. The molecule has 14 N–H and O–H groups in total. The van der Waals surface area contributed by atoms with Crippen LogP contribution in [0.3, 0.4) is 0 Å². The second kappa shape index (κ2) is 22.2. The van der Waals surface area contributed by atoms with E-state index in [0.29, 0.717) is 24.9 Å². The first kappa shape index (κ1) is 45.0. The maximum absolute atomic E-state index is 14.1. The van der Waals surface area contributed by atoms with Gasteiger partial charge in [-0.1, -0.05) is 76.4 Å². The van der Waals surface area contributed by atoms with E-state index in [1.54, 1.807) is 12.1 Å². The normalized spacial score (nSPS) is 17.5. The smallest absolute Gasteiger partial charge is 0.425 e. The maximum atomic E-state index is 14.1. The van der Waals surface area contributed by atoms with Crippen molar-refractivity contribution in [2.75, 3.05) is 13.1 Å². The first-order chi connectivity index (χ1) is 26.1. The number of hydrogen-bond donors (Lipinski definition) is 10. The Labute approximate surface area is 324 Å². The summed E-state index contributed by atoms with van der Waals surface area (Å²) in [6.45, 7) is 6.30. The number of benzene rings is 2. The summed E-state index contributed by atoms with van der Waals surface area (Å²) in [5.41, 5.74) is 27.1. The fourth-order valence-corrected chi connectivity index (χ4v) is 6.41. The highest BCUT2D eigenvalue weighted by atomic mass is 16.4. The van der Waals surface area contributed by atoms with E-state index in [1.807, 2.05) is 26.0 Å². The summed E-state index contributed by atoms with van der Waals surface area (Å²) < 4.78 is 0. The van der Waals surface area contributed by atoms with Crippen molar-refractivity contribution >= 4 is 36.7 Å². The van der Waals surface area contributed by atoms with Gasteiger partial charge in [0.25, 0.3) is 11.8 Å². The van der Waals surface area contributed by atoms with Crippen molar-refractivity contribution in [1.29, 1.82) is 0 Å². The highest BCUT2D eigenvalue weighted by Crippen LogP contribution is 2.23. The van der Waals surface area contributed by atoms with Crippen LogP contribution in [0.4, 0.5) is 0 Å². The predicted molar refractivity (Wildman–Crippen MR) is 211 cm³/mol. The van der Waals surface area contributed by atoms with Crippen molar-refractivity contribution in [2.45, 2.75) is 115 Å². The Morgan fingerprint density at radius 2 is 1.47 bits per heavy atom. The average molecular weight is 766 g/mol. The van der Waals surface area contributed by atoms with Crippen LogP contribution in [-0.4, -0.2) is 101 Å². The van der Waals surface area contributed by atoms with Crippen LogP contribution in [0, 0.1) is 5.92 Å². The number of amides is 5. The van der Waals surface area contributed by atoms with Crippen LogP contribution in [-0.2, 0) is 25.6 Å². The van der Waals surface area contributed by atoms with Gasteiger partial charge in [0.1, 0.15) is 24.2 Å². The lowest BCUT2D eigenvalue weighted by molar-refractivity contribution is -0.141. The number of likely N-dealkylation sites (tertiary alicyclic amines) is 1. The Balaban J connectivity index is 1.71. The van der Waals surface area contributed by atoms with E-state index in [4.69, 9.17) is 22.9 Å². The lowest BCUT2D eigenvalue weighted by Gasteiger charge is -2.29. The molecule has 0 bridgehead atoms. The number of aryl methyl sites for hydroxylation is 1. The topological polar surface area (TPSA) is 281 Å². The molecule has 17 heteroatoms. The fraction of sp³-hybridized carbons (Fsp3) is 0.553. The average Bonchev–Trinajstić information content (AvgIpc) is 3.56. The van der Waals surface area contributed by atoms with Crippen LogP contribution >= 0.6 is 0 Å². The van der Waals surface area contributed by atoms with Gasteiger partial charge in [0, 0.05) is 18.2 Å². The van der Waals surface area contributed by atoms with Crippen LogP contribution in [0.1, 0.15) is 88.1 Å². The van der Waals surface area contributed by atoms with Gasteiger partial charge < -0.3 is 59.1 Å². The fourth-order valence-electron chi connectivity index (χ4n) is 6.41. The van der Waals surface area contributed by atoms with E-state index in [2.05, 4.69) is 52.5 Å². The minimum Gasteiger partial charge on any atom is -0.425 e. The van der Waals surface area contributed by atoms with Crippen molar-refractivity contribution in [3.8, 4) is 11.1 Å². The number of rotatable bonds is 21. The van der Waals surface area contributed by atoms with Gasteiger partial charge in [0.05, 0.1) is 0 Å². The van der Waals surface area contributed by atoms with Gasteiger partial charge in [-0.25, -0.2) is 0 Å². The monoisotopic (exact) mass is 765 g/mol. The van der Waals surface area contributed by atoms with Crippen LogP contribution < -0.4 is 44.2 Å². The zero-order valence-corrected chi connectivity index (χ0v) is 32.2. The number of hydrogen-bond acceptors (Lipinski definition) is 11. The number of unbranched alkanes of at least 4 members (excludes halogenated alkanes) is 3. The van der Waals surface area contributed by atoms with Crippen LogP contribution in [0.2, 0.25) is 0 Å². The molecule has 1 heterocycles. The molecule has 16 nitrogen and oxygen atoms in total. The first-order valence-corrected chi connectivity index (χ1v) is 19.2. The molecule has 0 radical (unpaired) electrons. The van der Waals surface area contributed by atoms with Crippen LogP contribution in [0.5, 0.6) is 0 Å². The zero-order valence-electron chi connectivity index (χ0n) is 32.2. The van der Waals surface area contributed by atoms with Gasteiger partial charge in [0.15, 0.2) is 6.17 Å². The van der Waals surface area contributed by atoms with Gasteiger partial charge in [0.2, 0.25) is 17.7 Å². The molecule has 2 aromatic rings. The standard InChI is InChI=1S/C38H60BN9O7/c1-4-5-9-24-11-13-25(14-12-24)26-15-17-27(18-16-26)33(49)44-29(10-7-6-8-19-40)37(53)48-22-28(41)21-31(48)35(51)46-32(42)36(52)45-30(20-23(2)3)34(50)47-38(43)39(54)55/h11-18,23,28-32,38,54-55H,4-10,19-22,40-43H2,1-3H3,(H,44,49)(H,45,52)(H,46,51)(H,47,50)/t28-,29+,30?,31+,32-,38-/m1/s1. The van der Waals surface area contributed by atoms with E-state index in [-0.39, 0.29) is 25.3 Å². The van der Waals surface area contributed by atoms with E-state index in [9.17, 15) is 34.0 Å². The molecular weight excluding hydrogens is 705 g/mol. The molecule has 55 heavy (non-hydrogen) atoms. The van der Waals surface area contributed by atoms with Gasteiger partial charge in [-0.3, -0.25) is 24.0 Å². The van der Waals surface area contributed by atoms with E-state index >= 15 is 0 Å². The highest BCUT2D eigenvalue weighted by Gasteiger charge is 2.42. The van der Waals surface area contributed by atoms with Gasteiger partial charge >= 0.3 is 7.12 Å². The summed E-state index contributed by atoms with van der Waals surface area (Å²) in [6.07, 6.45) is 4.27. The molecule has 0 aliphatic carbocycles. The molecule has 2 aromatic carbocycles. The predicted octanol–water partition coefficient (Wildman–Crippen LogP) is -0.413. The molecule has 6 atom stereocenters. The maximum Gasteiger partial charge on any atom is 0.490 e. The van der Waals surface area contributed by atoms with Gasteiger partial charge in [-0.15, -0.1) is 0 Å². The summed E-state index contributed by atoms with van der Waals surface area (Å²) in [5, 5.41) is 28.5. The highest BCUT2D eigenvalue weighted by molar-refractivity contribution is 6.43. The van der Waals surface area contributed by atoms with Crippen molar-refractivity contribution in [2.24, 2.45) is 28.9 Å². The summed E-state index contributed by atoms with van der Waals surface area (Å²) in [4.78, 5) is 68.3. The summed E-state index contributed by atoms with van der Waals surface area (Å²) in [7, 11) is -2.03. The Kier molecular flexibility index (Phi) is 18.2. The minimum absolute atomic E-state index is 0.0348. The number of nitrogens with two attached hydrogens (primary N) is 4. The number of nitrogens with one attached hydrogen (secondary N) is 4. The van der Waals surface area contributed by atoms with Crippen molar-refractivity contribution in [3.05, 3.63) is 59.7 Å². The van der Waals surface area contributed by atoms with Crippen molar-refractivity contribution in [3.63, 3.8) is 0 Å². The summed E-state index contributed by atoms with van der Waals surface area (Å²) in [5.74, 6) is -3.42. The third kappa shape index (κ3) is 14.0. The summed E-state index contributed by atoms with van der Waals surface area (Å²) >= 11 is 0. The molecule has 0 spiro atoms. The SMILES string of the molecule is CCCCc1ccc(-c2ccc(C(=O)N[C@@H](CCCCCN)C(=O)N3C[C@H](N)C[C@H]3C(=O)N[C@@H](N)C(=O)NC(CC(C)C)C(=O)N[C@@H](N)B(O)O)cc2)cc1. The van der Waals surface area contributed by atoms with E-state index in [0.717, 1.165) is 43.2 Å². The molecule has 1 aliphatic heterocycles. The van der Waals surface area contributed by atoms with Crippen molar-refractivity contribution in [1.82, 2.24) is 26.2 Å². The molecule has 0 saturated carbocycles. The number of nitrogens with zero attached hydrogens (tertiary/aromatic N) is 1. The number of carbonyl (C=O) groups excluding carboxylic acids is 5. The molecule has 3 rings (SSSR count). The molecule has 1 saturated heterocycles. The minimum atomic E-state index is -2.03. The number of carbonyl (C=O) groups is 5. The molecule has 302 valence electrons. The molecule has 1 fully saturated rings. The summed E-state index contributed by atoms with van der Waals surface area (Å²) in [6, 6.07) is 10.2. The lowest BCUT2D eigenvalue weighted by atomic mass is 9.86. The third-order valence-electron chi connectivity index (χ3n) is 9.52. The van der Waals surface area contributed by atoms with Crippen LogP contribution in [0.25, 0.3) is 11.1 Å². The first-order valence-electron chi connectivity index (χ1n) is 19.2. The quantitative estimate of drug-likeness (QED) is 0.0443. The molecule has 5 amide bonds. The molecule has 1 unspecified atom stereocenters. The molecule has 0 aromatic heterocycles.